The molecular weight excluding hydrogens is 302 g/mol. The van der Waals surface area contributed by atoms with E-state index in [2.05, 4.69) is 61.2 Å². The van der Waals surface area contributed by atoms with Gasteiger partial charge >= 0.3 is 0 Å². The summed E-state index contributed by atoms with van der Waals surface area (Å²) in [7, 11) is 0. The molecule has 5 rings (SSSR count). The van der Waals surface area contributed by atoms with Crippen molar-refractivity contribution in [2.45, 2.75) is 51.5 Å². The Labute approximate surface area is 151 Å². The zero-order valence-electron chi connectivity index (χ0n) is 15.6. The Balaban J connectivity index is 1.56. The summed E-state index contributed by atoms with van der Waals surface area (Å²) in [6.07, 6.45) is 6.94. The van der Waals surface area contributed by atoms with Crippen molar-refractivity contribution in [3.8, 4) is 0 Å². The summed E-state index contributed by atoms with van der Waals surface area (Å²) in [5.74, 6) is 1.66. The summed E-state index contributed by atoms with van der Waals surface area (Å²) in [5.41, 5.74) is 5.37. The van der Waals surface area contributed by atoms with Gasteiger partial charge in [0, 0.05) is 12.1 Å². The minimum absolute atomic E-state index is 0.378. The van der Waals surface area contributed by atoms with Gasteiger partial charge in [-0.25, -0.2) is 0 Å². The molecule has 0 aromatic heterocycles. The second-order valence-electron chi connectivity index (χ2n) is 9.05. The van der Waals surface area contributed by atoms with E-state index in [9.17, 15) is 0 Å². The molecule has 3 aliphatic rings. The van der Waals surface area contributed by atoms with Crippen molar-refractivity contribution in [1.82, 2.24) is 4.90 Å². The van der Waals surface area contributed by atoms with Crippen LogP contribution >= 0.6 is 0 Å². The molecule has 0 N–H and O–H groups in total. The predicted octanol–water partition coefficient (Wildman–Crippen LogP) is 5.90. The molecule has 2 aliphatic carbocycles. The topological polar surface area (TPSA) is 3.24 Å². The summed E-state index contributed by atoms with van der Waals surface area (Å²) in [6.45, 7) is 7.35. The molecule has 2 unspecified atom stereocenters. The van der Waals surface area contributed by atoms with E-state index in [-0.39, 0.29) is 0 Å². The summed E-state index contributed by atoms with van der Waals surface area (Å²) in [6, 6.07) is 15.9. The Morgan fingerprint density at radius 2 is 1.80 bits per heavy atom. The van der Waals surface area contributed by atoms with Gasteiger partial charge < -0.3 is 0 Å². The maximum atomic E-state index is 2.75. The van der Waals surface area contributed by atoms with Crippen LogP contribution in [0.1, 0.15) is 51.5 Å². The normalized spacial score (nSPS) is 28.4. The fourth-order valence-electron chi connectivity index (χ4n) is 5.70. The van der Waals surface area contributed by atoms with E-state index in [0.717, 1.165) is 11.8 Å². The maximum Gasteiger partial charge on any atom is 0.0207 e. The Morgan fingerprint density at radius 3 is 2.60 bits per heavy atom. The van der Waals surface area contributed by atoms with E-state index in [1.165, 1.54) is 61.5 Å². The Bertz CT molecular complexity index is 844. The molecule has 2 atom stereocenters. The Kier molecular flexibility index (Phi) is 3.57. The second-order valence-corrected chi connectivity index (χ2v) is 9.05. The minimum atomic E-state index is 0.378. The van der Waals surface area contributed by atoms with Gasteiger partial charge in [0.05, 0.1) is 0 Å². The lowest BCUT2D eigenvalue weighted by Crippen LogP contribution is -2.40. The third kappa shape index (κ3) is 2.56. The lowest BCUT2D eigenvalue weighted by molar-refractivity contribution is 0.186. The minimum Gasteiger partial charge on any atom is -0.294 e. The van der Waals surface area contributed by atoms with Crippen LogP contribution in [0.25, 0.3) is 16.3 Å². The van der Waals surface area contributed by atoms with Crippen LogP contribution in [0.2, 0.25) is 0 Å². The highest BCUT2D eigenvalue weighted by molar-refractivity contribution is 5.87. The third-order valence-corrected chi connectivity index (χ3v) is 7.17. The number of fused-ring (bicyclic) bond motifs is 3. The van der Waals surface area contributed by atoms with E-state index in [0.29, 0.717) is 5.54 Å². The van der Waals surface area contributed by atoms with Gasteiger partial charge in [-0.05, 0) is 97.9 Å². The molecule has 130 valence electrons. The van der Waals surface area contributed by atoms with Gasteiger partial charge in [0.2, 0.25) is 0 Å². The number of benzene rings is 2. The quantitative estimate of drug-likeness (QED) is 0.677. The van der Waals surface area contributed by atoms with E-state index in [4.69, 9.17) is 0 Å². The fraction of sp³-hybridized carbons (Fsp3) is 0.500. The monoisotopic (exact) mass is 331 g/mol. The number of nitrogens with zero attached hydrogens (tertiary/aromatic N) is 1. The molecule has 1 heterocycles. The van der Waals surface area contributed by atoms with Gasteiger partial charge in [-0.1, -0.05) is 36.4 Å². The van der Waals surface area contributed by atoms with Crippen molar-refractivity contribution in [2.75, 3.05) is 13.1 Å². The molecule has 1 heteroatoms. The van der Waals surface area contributed by atoms with Crippen molar-refractivity contribution in [3.05, 3.63) is 53.6 Å². The van der Waals surface area contributed by atoms with Crippen LogP contribution in [0.4, 0.5) is 0 Å². The first-order chi connectivity index (χ1) is 12.1. The number of hydrogen-bond donors (Lipinski definition) is 0. The van der Waals surface area contributed by atoms with Crippen molar-refractivity contribution in [1.29, 1.82) is 0 Å². The number of allylic oxidation sites excluding steroid dienone is 1. The average Bonchev–Trinajstić information content (AvgIpc) is 3.30. The molecule has 1 nitrogen and oxygen atoms in total. The van der Waals surface area contributed by atoms with Gasteiger partial charge in [0.15, 0.2) is 0 Å². The van der Waals surface area contributed by atoms with E-state index < -0.39 is 0 Å². The van der Waals surface area contributed by atoms with Crippen LogP contribution in [0, 0.1) is 11.8 Å². The first kappa shape index (κ1) is 15.6. The van der Waals surface area contributed by atoms with Crippen molar-refractivity contribution in [3.63, 3.8) is 0 Å². The highest BCUT2D eigenvalue weighted by Gasteiger charge is 2.42. The van der Waals surface area contributed by atoms with Crippen LogP contribution in [0.15, 0.2) is 48.0 Å². The van der Waals surface area contributed by atoms with Crippen LogP contribution in [0.3, 0.4) is 0 Å². The molecule has 25 heavy (non-hydrogen) atoms. The predicted molar refractivity (Wildman–Crippen MR) is 107 cm³/mol. The van der Waals surface area contributed by atoms with Crippen molar-refractivity contribution >= 4 is 16.3 Å². The molecule has 2 bridgehead atoms. The molecule has 1 saturated heterocycles. The molecule has 1 saturated carbocycles. The molecule has 0 spiro atoms. The zero-order valence-corrected chi connectivity index (χ0v) is 15.6. The molecule has 0 radical (unpaired) electrons. The van der Waals surface area contributed by atoms with Gasteiger partial charge in [-0.3, -0.25) is 4.90 Å². The summed E-state index contributed by atoms with van der Waals surface area (Å²) in [4.78, 5) is 2.75. The Hall–Kier alpha value is -1.60. The summed E-state index contributed by atoms with van der Waals surface area (Å²) >= 11 is 0. The second kappa shape index (κ2) is 5.71. The molecule has 2 aromatic rings. The van der Waals surface area contributed by atoms with Crippen molar-refractivity contribution in [2.24, 2.45) is 11.8 Å². The first-order valence-corrected chi connectivity index (χ1v) is 10.1. The molecule has 1 aliphatic heterocycles. The van der Waals surface area contributed by atoms with Crippen LogP contribution < -0.4 is 0 Å². The van der Waals surface area contributed by atoms with Gasteiger partial charge in [0.1, 0.15) is 0 Å². The smallest absolute Gasteiger partial charge is 0.0207 e. The number of likely N-dealkylation sites (tertiary alicyclic amines) is 1. The van der Waals surface area contributed by atoms with Crippen LogP contribution in [0.5, 0.6) is 0 Å². The van der Waals surface area contributed by atoms with Gasteiger partial charge in [-0.15, -0.1) is 0 Å². The van der Waals surface area contributed by atoms with E-state index in [1.54, 1.807) is 11.1 Å². The Morgan fingerprint density at radius 1 is 1.00 bits per heavy atom. The number of rotatable bonds is 3. The molecule has 2 fully saturated rings. The SMILES string of the molecule is CC1(C)CCCN1CC1=C(c2ccc3ccccc3c2)C2CCC1C2. The lowest BCUT2D eigenvalue weighted by Gasteiger charge is -2.34. The summed E-state index contributed by atoms with van der Waals surface area (Å²) in [5, 5.41) is 2.74. The standard InChI is InChI=1S/C24H29N/c1-24(2)12-5-13-25(24)16-22-19-9-11-21(15-19)23(22)20-10-8-17-6-3-4-7-18(17)14-20/h3-4,6-8,10,14,19,21H,5,9,11-13,15-16H2,1-2H3. The highest BCUT2D eigenvalue weighted by Crippen LogP contribution is 2.53. The third-order valence-electron chi connectivity index (χ3n) is 7.17. The molecule has 2 aromatic carbocycles. The first-order valence-electron chi connectivity index (χ1n) is 10.1. The van der Waals surface area contributed by atoms with Crippen LogP contribution in [-0.4, -0.2) is 23.5 Å². The fourth-order valence-corrected chi connectivity index (χ4v) is 5.70. The van der Waals surface area contributed by atoms with Gasteiger partial charge in [-0.2, -0.15) is 0 Å². The van der Waals surface area contributed by atoms with Crippen molar-refractivity contribution < 1.29 is 0 Å². The van der Waals surface area contributed by atoms with Crippen LogP contribution in [-0.2, 0) is 0 Å². The average molecular weight is 332 g/mol. The van der Waals surface area contributed by atoms with Gasteiger partial charge in [0.25, 0.3) is 0 Å². The zero-order chi connectivity index (χ0) is 17.0. The van der Waals surface area contributed by atoms with E-state index >= 15 is 0 Å². The largest absolute Gasteiger partial charge is 0.294 e. The summed E-state index contributed by atoms with van der Waals surface area (Å²) < 4.78 is 0. The lowest BCUT2D eigenvalue weighted by atomic mass is 9.86. The van der Waals surface area contributed by atoms with E-state index in [1.807, 2.05) is 0 Å². The highest BCUT2D eigenvalue weighted by atomic mass is 15.2. The number of hydrogen-bond acceptors (Lipinski definition) is 1. The maximum absolute atomic E-state index is 2.75. The molecular formula is C24H29N. The molecule has 0 amide bonds.